The maximum Gasteiger partial charge on any atom is 0.241 e. The largest absolute Gasteiger partial charge is 0.395 e. The summed E-state index contributed by atoms with van der Waals surface area (Å²) in [5, 5.41) is 9.55. The highest BCUT2D eigenvalue weighted by atomic mass is 16.3. The summed E-state index contributed by atoms with van der Waals surface area (Å²) in [5.74, 6) is 0.159. The molecule has 2 aliphatic heterocycles. The maximum atomic E-state index is 12.7. The van der Waals surface area contributed by atoms with E-state index in [0.717, 1.165) is 37.9 Å². The van der Waals surface area contributed by atoms with Crippen molar-refractivity contribution in [3.63, 3.8) is 0 Å². The molecule has 1 aromatic rings. The van der Waals surface area contributed by atoms with Gasteiger partial charge in [0.2, 0.25) is 5.91 Å². The van der Waals surface area contributed by atoms with Crippen LogP contribution in [0.4, 0.5) is 5.69 Å². The van der Waals surface area contributed by atoms with Crippen LogP contribution in [0.1, 0.15) is 31.7 Å². The van der Waals surface area contributed by atoms with Crippen molar-refractivity contribution in [2.24, 2.45) is 0 Å². The second-order valence-electron chi connectivity index (χ2n) is 6.21. The lowest BCUT2D eigenvalue weighted by molar-refractivity contribution is -0.121. The van der Waals surface area contributed by atoms with Crippen molar-refractivity contribution in [3.05, 3.63) is 29.8 Å². The van der Waals surface area contributed by atoms with Crippen LogP contribution in [0.2, 0.25) is 0 Å². The van der Waals surface area contributed by atoms with Gasteiger partial charge >= 0.3 is 0 Å². The summed E-state index contributed by atoms with van der Waals surface area (Å²) >= 11 is 0. The Balaban J connectivity index is 1.72. The van der Waals surface area contributed by atoms with Crippen molar-refractivity contribution in [1.82, 2.24) is 4.90 Å². The van der Waals surface area contributed by atoms with E-state index in [9.17, 15) is 9.90 Å². The monoisotopic (exact) mass is 288 g/mol. The van der Waals surface area contributed by atoms with Crippen molar-refractivity contribution in [3.8, 4) is 0 Å². The summed E-state index contributed by atoms with van der Waals surface area (Å²) < 4.78 is 0. The molecule has 2 atom stereocenters. The van der Waals surface area contributed by atoms with Gasteiger partial charge in [-0.1, -0.05) is 24.6 Å². The van der Waals surface area contributed by atoms with Crippen LogP contribution in [0, 0.1) is 0 Å². The second kappa shape index (κ2) is 6.16. The van der Waals surface area contributed by atoms with Crippen LogP contribution in [0.5, 0.6) is 0 Å². The topological polar surface area (TPSA) is 43.8 Å². The zero-order chi connectivity index (χ0) is 14.8. The van der Waals surface area contributed by atoms with Gasteiger partial charge in [0.25, 0.3) is 0 Å². The quantitative estimate of drug-likeness (QED) is 0.922. The molecule has 0 aromatic heterocycles. The summed E-state index contributed by atoms with van der Waals surface area (Å²) in [5.41, 5.74) is 2.32. The lowest BCUT2D eigenvalue weighted by atomic mass is 9.97. The van der Waals surface area contributed by atoms with E-state index >= 15 is 0 Å². The third kappa shape index (κ3) is 2.83. The Hall–Kier alpha value is -1.39. The first-order valence-electron chi connectivity index (χ1n) is 7.95. The minimum atomic E-state index is 0.135. The fourth-order valence-electron chi connectivity index (χ4n) is 3.66. The number of hydrogen-bond donors (Lipinski definition) is 1. The van der Waals surface area contributed by atoms with Crippen LogP contribution in [0.15, 0.2) is 24.3 Å². The van der Waals surface area contributed by atoms with Gasteiger partial charge in [-0.3, -0.25) is 9.69 Å². The molecule has 21 heavy (non-hydrogen) atoms. The number of likely N-dealkylation sites (tertiary alicyclic amines) is 1. The summed E-state index contributed by atoms with van der Waals surface area (Å²) in [4.78, 5) is 16.8. The van der Waals surface area contributed by atoms with E-state index in [1.807, 2.05) is 23.1 Å². The van der Waals surface area contributed by atoms with Gasteiger partial charge in [-0.2, -0.15) is 0 Å². The molecule has 0 saturated carbocycles. The SMILES string of the molecule is CC1CCCC(CO)N1CC(=O)N1CCc2ccccc21. The first-order valence-corrected chi connectivity index (χ1v) is 7.95. The zero-order valence-corrected chi connectivity index (χ0v) is 12.7. The number of benzene rings is 1. The molecular weight excluding hydrogens is 264 g/mol. The number of hydrogen-bond acceptors (Lipinski definition) is 3. The Morgan fingerprint density at radius 3 is 2.95 bits per heavy atom. The maximum absolute atomic E-state index is 12.7. The average molecular weight is 288 g/mol. The van der Waals surface area contributed by atoms with Crippen LogP contribution in [0.25, 0.3) is 0 Å². The van der Waals surface area contributed by atoms with Gasteiger partial charge < -0.3 is 10.0 Å². The molecule has 114 valence electrons. The van der Waals surface area contributed by atoms with Crippen molar-refractivity contribution in [2.75, 3.05) is 24.6 Å². The Bertz CT molecular complexity index is 517. The summed E-state index contributed by atoms with van der Waals surface area (Å²) in [6.07, 6.45) is 4.19. The minimum absolute atomic E-state index is 0.135. The van der Waals surface area contributed by atoms with Gasteiger partial charge in [-0.25, -0.2) is 0 Å². The predicted molar refractivity (Wildman–Crippen MR) is 83.4 cm³/mol. The molecule has 0 aliphatic carbocycles. The molecule has 3 rings (SSSR count). The van der Waals surface area contributed by atoms with Crippen molar-refractivity contribution in [2.45, 2.75) is 44.7 Å². The van der Waals surface area contributed by atoms with Gasteiger partial charge in [0.1, 0.15) is 0 Å². The van der Waals surface area contributed by atoms with Crippen LogP contribution < -0.4 is 4.90 Å². The Labute approximate surface area is 126 Å². The highest BCUT2D eigenvalue weighted by molar-refractivity contribution is 5.96. The number of nitrogens with zero attached hydrogens (tertiary/aromatic N) is 2. The van der Waals surface area contributed by atoms with Crippen molar-refractivity contribution in [1.29, 1.82) is 0 Å². The Morgan fingerprint density at radius 2 is 2.14 bits per heavy atom. The minimum Gasteiger partial charge on any atom is -0.395 e. The van der Waals surface area contributed by atoms with Gasteiger partial charge in [0, 0.05) is 24.3 Å². The van der Waals surface area contributed by atoms with E-state index in [1.165, 1.54) is 5.56 Å². The van der Waals surface area contributed by atoms with Crippen LogP contribution in [-0.2, 0) is 11.2 Å². The highest BCUT2D eigenvalue weighted by Crippen LogP contribution is 2.28. The summed E-state index contributed by atoms with van der Waals surface area (Å²) in [6.45, 7) is 3.51. The molecule has 0 bridgehead atoms. The Kier molecular flexibility index (Phi) is 4.27. The lowest BCUT2D eigenvalue weighted by Gasteiger charge is -2.40. The van der Waals surface area contributed by atoms with Gasteiger partial charge in [0.05, 0.1) is 13.2 Å². The molecule has 2 aliphatic rings. The molecule has 0 spiro atoms. The molecule has 4 nitrogen and oxygen atoms in total. The van der Waals surface area contributed by atoms with E-state index in [-0.39, 0.29) is 18.6 Å². The number of anilines is 1. The first-order chi connectivity index (χ1) is 10.2. The molecular formula is C17H24N2O2. The van der Waals surface area contributed by atoms with Crippen molar-refractivity contribution >= 4 is 11.6 Å². The Morgan fingerprint density at radius 1 is 1.33 bits per heavy atom. The van der Waals surface area contributed by atoms with E-state index < -0.39 is 0 Å². The number of aliphatic hydroxyl groups excluding tert-OH is 1. The molecule has 1 aromatic carbocycles. The number of para-hydroxylation sites is 1. The number of carbonyl (C=O) groups excluding carboxylic acids is 1. The summed E-state index contributed by atoms with van der Waals surface area (Å²) in [6, 6.07) is 8.66. The highest BCUT2D eigenvalue weighted by Gasteiger charge is 2.32. The van der Waals surface area contributed by atoms with Crippen molar-refractivity contribution < 1.29 is 9.90 Å². The fourth-order valence-corrected chi connectivity index (χ4v) is 3.66. The number of aliphatic hydroxyl groups is 1. The molecule has 1 amide bonds. The normalized spacial score (nSPS) is 25.9. The number of rotatable bonds is 3. The first kappa shape index (κ1) is 14.5. The van der Waals surface area contributed by atoms with Gasteiger partial charge in [-0.05, 0) is 37.8 Å². The third-order valence-corrected chi connectivity index (χ3v) is 4.91. The molecule has 1 fully saturated rings. The zero-order valence-electron chi connectivity index (χ0n) is 12.7. The van der Waals surface area contributed by atoms with Gasteiger partial charge in [-0.15, -0.1) is 0 Å². The van der Waals surface area contributed by atoms with E-state index in [0.29, 0.717) is 12.6 Å². The molecule has 2 heterocycles. The standard InChI is InChI=1S/C17H24N2O2/c1-13-5-4-7-15(12-20)19(13)11-17(21)18-10-9-14-6-2-3-8-16(14)18/h2-3,6,8,13,15,20H,4-5,7,9-12H2,1H3. The second-order valence-corrected chi connectivity index (χ2v) is 6.21. The molecule has 4 heteroatoms. The fraction of sp³-hybridized carbons (Fsp3) is 0.588. The predicted octanol–water partition coefficient (Wildman–Crippen LogP) is 1.81. The lowest BCUT2D eigenvalue weighted by Crippen LogP contribution is -2.51. The molecule has 1 N–H and O–H groups in total. The molecule has 2 unspecified atom stereocenters. The van der Waals surface area contributed by atoms with Crippen LogP contribution >= 0.6 is 0 Å². The number of amides is 1. The molecule has 0 radical (unpaired) electrons. The number of fused-ring (bicyclic) bond motifs is 1. The van der Waals surface area contributed by atoms with E-state index in [1.54, 1.807) is 0 Å². The smallest absolute Gasteiger partial charge is 0.241 e. The van der Waals surface area contributed by atoms with Crippen LogP contribution in [-0.4, -0.2) is 47.7 Å². The average Bonchev–Trinajstić information content (AvgIpc) is 2.93. The number of carbonyl (C=O) groups is 1. The number of piperidine rings is 1. The van der Waals surface area contributed by atoms with E-state index in [2.05, 4.69) is 17.9 Å². The van der Waals surface area contributed by atoms with Crippen LogP contribution in [0.3, 0.4) is 0 Å². The third-order valence-electron chi connectivity index (χ3n) is 4.91. The van der Waals surface area contributed by atoms with Gasteiger partial charge in [0.15, 0.2) is 0 Å². The summed E-state index contributed by atoms with van der Waals surface area (Å²) in [7, 11) is 0. The van der Waals surface area contributed by atoms with E-state index in [4.69, 9.17) is 0 Å². The molecule has 1 saturated heterocycles.